The van der Waals surface area contributed by atoms with Crippen LogP contribution in [0.5, 0.6) is 5.75 Å². The van der Waals surface area contributed by atoms with Gasteiger partial charge in [-0.15, -0.1) is 0 Å². The Hall–Kier alpha value is -1.06. The van der Waals surface area contributed by atoms with Gasteiger partial charge in [0, 0.05) is 13.0 Å². The zero-order valence-corrected chi connectivity index (χ0v) is 12.2. The lowest BCUT2D eigenvalue weighted by molar-refractivity contribution is 0.329. The van der Waals surface area contributed by atoms with Gasteiger partial charge in [0.05, 0.1) is 6.61 Å². The average molecular weight is 262 g/mol. The van der Waals surface area contributed by atoms with Crippen molar-refractivity contribution in [2.45, 2.75) is 25.7 Å². The molecule has 0 atom stereocenters. The third-order valence-corrected chi connectivity index (χ3v) is 3.75. The standard InChI is InChI=1S/C16H26N2O/c1-17-9-3-4-10-18(2)11-7-14-5-6-16-15(13-14)8-12-19-16/h5-6,13,17H,3-4,7-12H2,1-2H3. The molecule has 1 aliphatic rings. The molecule has 19 heavy (non-hydrogen) atoms. The molecule has 0 fully saturated rings. The molecule has 1 aromatic rings. The number of nitrogens with zero attached hydrogens (tertiary/aromatic N) is 1. The average Bonchev–Trinajstić information content (AvgIpc) is 2.89. The summed E-state index contributed by atoms with van der Waals surface area (Å²) >= 11 is 0. The highest BCUT2D eigenvalue weighted by molar-refractivity contribution is 5.39. The highest BCUT2D eigenvalue weighted by atomic mass is 16.5. The number of hydrogen-bond acceptors (Lipinski definition) is 3. The SMILES string of the molecule is CNCCCCN(C)CCc1ccc2c(c1)CCO2. The minimum Gasteiger partial charge on any atom is -0.493 e. The Kier molecular flexibility index (Phi) is 5.67. The molecule has 0 spiro atoms. The lowest BCUT2D eigenvalue weighted by Gasteiger charge is -2.16. The summed E-state index contributed by atoms with van der Waals surface area (Å²) in [6.07, 6.45) is 4.74. The normalized spacial score (nSPS) is 13.6. The summed E-state index contributed by atoms with van der Waals surface area (Å²) in [5, 5.41) is 3.19. The minimum atomic E-state index is 0.851. The maximum Gasteiger partial charge on any atom is 0.122 e. The Labute approximate surface area is 116 Å². The summed E-state index contributed by atoms with van der Waals surface area (Å²) in [6.45, 7) is 4.30. The lowest BCUT2D eigenvalue weighted by atomic mass is 10.1. The second-order valence-electron chi connectivity index (χ2n) is 5.40. The highest BCUT2D eigenvalue weighted by Gasteiger charge is 2.11. The first-order chi connectivity index (χ1) is 9.29. The summed E-state index contributed by atoms with van der Waals surface area (Å²) in [4.78, 5) is 2.43. The van der Waals surface area contributed by atoms with Gasteiger partial charge in [-0.1, -0.05) is 12.1 Å². The maximum atomic E-state index is 5.54. The first-order valence-corrected chi connectivity index (χ1v) is 7.37. The Balaban J connectivity index is 1.70. The summed E-state index contributed by atoms with van der Waals surface area (Å²) in [7, 11) is 4.23. The van der Waals surface area contributed by atoms with Crippen molar-refractivity contribution in [1.82, 2.24) is 10.2 Å². The van der Waals surface area contributed by atoms with Crippen LogP contribution in [0.3, 0.4) is 0 Å². The molecule has 0 radical (unpaired) electrons. The quantitative estimate of drug-likeness (QED) is 0.726. The molecule has 0 unspecified atom stereocenters. The molecule has 0 saturated carbocycles. The fraction of sp³-hybridized carbons (Fsp3) is 0.625. The Morgan fingerprint density at radius 2 is 2.16 bits per heavy atom. The van der Waals surface area contributed by atoms with E-state index in [1.807, 2.05) is 7.05 Å². The zero-order chi connectivity index (χ0) is 13.5. The van der Waals surface area contributed by atoms with Gasteiger partial charge < -0.3 is 15.0 Å². The van der Waals surface area contributed by atoms with Crippen LogP contribution in [0.2, 0.25) is 0 Å². The molecule has 1 N–H and O–H groups in total. The van der Waals surface area contributed by atoms with Gasteiger partial charge >= 0.3 is 0 Å². The van der Waals surface area contributed by atoms with Gasteiger partial charge in [0.2, 0.25) is 0 Å². The first kappa shape index (κ1) is 14.4. The van der Waals surface area contributed by atoms with Gasteiger partial charge in [0.1, 0.15) is 5.75 Å². The van der Waals surface area contributed by atoms with Gasteiger partial charge in [0.25, 0.3) is 0 Å². The first-order valence-electron chi connectivity index (χ1n) is 7.37. The van der Waals surface area contributed by atoms with Crippen molar-refractivity contribution in [3.8, 4) is 5.75 Å². The zero-order valence-electron chi connectivity index (χ0n) is 12.2. The van der Waals surface area contributed by atoms with Crippen LogP contribution in [0.4, 0.5) is 0 Å². The predicted molar refractivity (Wildman–Crippen MR) is 80.0 cm³/mol. The van der Waals surface area contributed by atoms with Crippen molar-refractivity contribution in [2.75, 3.05) is 40.3 Å². The van der Waals surface area contributed by atoms with Crippen LogP contribution >= 0.6 is 0 Å². The molecule has 1 aliphatic heterocycles. The van der Waals surface area contributed by atoms with Crippen molar-refractivity contribution >= 4 is 0 Å². The molecule has 0 aromatic heterocycles. The molecule has 3 heteroatoms. The van der Waals surface area contributed by atoms with Gasteiger partial charge in [-0.2, -0.15) is 0 Å². The van der Waals surface area contributed by atoms with Crippen molar-refractivity contribution in [2.24, 2.45) is 0 Å². The molecular weight excluding hydrogens is 236 g/mol. The van der Waals surface area contributed by atoms with E-state index in [-0.39, 0.29) is 0 Å². The molecular formula is C16H26N2O. The number of rotatable bonds is 8. The second kappa shape index (κ2) is 7.51. The Morgan fingerprint density at radius 1 is 1.26 bits per heavy atom. The highest BCUT2D eigenvalue weighted by Crippen LogP contribution is 2.25. The lowest BCUT2D eigenvalue weighted by Crippen LogP contribution is -2.23. The second-order valence-corrected chi connectivity index (χ2v) is 5.40. The van der Waals surface area contributed by atoms with E-state index in [4.69, 9.17) is 4.74 Å². The largest absolute Gasteiger partial charge is 0.493 e. The van der Waals surface area contributed by atoms with E-state index < -0.39 is 0 Å². The Morgan fingerprint density at radius 3 is 3.00 bits per heavy atom. The molecule has 1 heterocycles. The summed E-state index contributed by atoms with van der Waals surface area (Å²) in [5.41, 5.74) is 2.82. The van der Waals surface area contributed by atoms with Crippen LogP contribution in [-0.4, -0.2) is 45.2 Å². The van der Waals surface area contributed by atoms with Crippen LogP contribution in [0.25, 0.3) is 0 Å². The smallest absolute Gasteiger partial charge is 0.122 e. The van der Waals surface area contributed by atoms with E-state index in [1.54, 1.807) is 0 Å². The topological polar surface area (TPSA) is 24.5 Å². The number of hydrogen-bond donors (Lipinski definition) is 1. The van der Waals surface area contributed by atoms with E-state index in [0.717, 1.165) is 38.3 Å². The molecule has 106 valence electrons. The number of ether oxygens (including phenoxy) is 1. The fourth-order valence-corrected chi connectivity index (χ4v) is 2.51. The summed E-state index contributed by atoms with van der Waals surface area (Å²) in [6, 6.07) is 6.65. The molecule has 3 nitrogen and oxygen atoms in total. The van der Waals surface area contributed by atoms with E-state index in [9.17, 15) is 0 Å². The number of unbranched alkanes of at least 4 members (excludes halogenated alkanes) is 1. The van der Waals surface area contributed by atoms with Crippen LogP contribution in [0, 0.1) is 0 Å². The third kappa shape index (κ3) is 4.51. The maximum absolute atomic E-state index is 5.54. The third-order valence-electron chi connectivity index (χ3n) is 3.75. The van der Waals surface area contributed by atoms with Crippen LogP contribution < -0.4 is 10.1 Å². The van der Waals surface area contributed by atoms with Crippen LogP contribution in [-0.2, 0) is 12.8 Å². The number of nitrogens with one attached hydrogen (secondary N) is 1. The number of fused-ring (bicyclic) bond motifs is 1. The fourth-order valence-electron chi connectivity index (χ4n) is 2.51. The minimum absolute atomic E-state index is 0.851. The van der Waals surface area contributed by atoms with Gasteiger partial charge in [-0.3, -0.25) is 0 Å². The van der Waals surface area contributed by atoms with Gasteiger partial charge in [0.15, 0.2) is 0 Å². The van der Waals surface area contributed by atoms with E-state index in [0.29, 0.717) is 0 Å². The van der Waals surface area contributed by atoms with E-state index >= 15 is 0 Å². The molecule has 0 amide bonds. The van der Waals surface area contributed by atoms with E-state index in [2.05, 4.69) is 35.5 Å². The summed E-state index contributed by atoms with van der Waals surface area (Å²) < 4.78 is 5.54. The van der Waals surface area contributed by atoms with Crippen molar-refractivity contribution in [3.63, 3.8) is 0 Å². The number of benzene rings is 1. The number of likely N-dealkylation sites (N-methyl/N-ethyl adjacent to an activating group) is 1. The predicted octanol–water partition coefficient (Wildman–Crippen LogP) is 2.10. The molecule has 0 saturated heterocycles. The van der Waals surface area contributed by atoms with Crippen molar-refractivity contribution in [1.29, 1.82) is 0 Å². The van der Waals surface area contributed by atoms with E-state index in [1.165, 1.54) is 30.5 Å². The molecule has 0 bridgehead atoms. The van der Waals surface area contributed by atoms with Gasteiger partial charge in [-0.25, -0.2) is 0 Å². The summed E-state index contributed by atoms with van der Waals surface area (Å²) in [5.74, 6) is 1.09. The van der Waals surface area contributed by atoms with Crippen LogP contribution in [0.15, 0.2) is 18.2 Å². The Bertz CT molecular complexity index is 392. The molecule has 1 aromatic carbocycles. The van der Waals surface area contributed by atoms with Crippen molar-refractivity contribution in [3.05, 3.63) is 29.3 Å². The monoisotopic (exact) mass is 262 g/mol. The van der Waals surface area contributed by atoms with Crippen LogP contribution in [0.1, 0.15) is 24.0 Å². The van der Waals surface area contributed by atoms with Crippen molar-refractivity contribution < 1.29 is 4.74 Å². The molecule has 0 aliphatic carbocycles. The molecule has 2 rings (SSSR count). The van der Waals surface area contributed by atoms with Gasteiger partial charge in [-0.05, 0) is 63.6 Å².